The number of esters is 1. The van der Waals surface area contributed by atoms with E-state index in [1.807, 2.05) is 0 Å². The third kappa shape index (κ3) is 1.34. The molecule has 3 unspecified atom stereocenters. The van der Waals surface area contributed by atoms with E-state index in [1.54, 1.807) is 7.11 Å². The number of ether oxygens (including phenoxy) is 2. The van der Waals surface area contributed by atoms with E-state index < -0.39 is 5.79 Å². The van der Waals surface area contributed by atoms with Gasteiger partial charge in [0.05, 0.1) is 12.5 Å². The summed E-state index contributed by atoms with van der Waals surface area (Å²) in [7, 11) is 3.04. The van der Waals surface area contributed by atoms with Crippen LogP contribution in [0, 0.1) is 23.2 Å². The van der Waals surface area contributed by atoms with Gasteiger partial charge >= 0.3 is 5.97 Å². The van der Waals surface area contributed by atoms with Crippen molar-refractivity contribution in [2.75, 3.05) is 14.2 Å². The number of hydrogen-bond acceptors (Lipinski definition) is 4. The first-order valence-electron chi connectivity index (χ1n) is 6.40. The van der Waals surface area contributed by atoms with Gasteiger partial charge in [0.2, 0.25) is 0 Å². The minimum absolute atomic E-state index is 0.0879. The van der Waals surface area contributed by atoms with E-state index in [0.717, 1.165) is 32.1 Å². The molecule has 4 saturated carbocycles. The van der Waals surface area contributed by atoms with Gasteiger partial charge in [-0.1, -0.05) is 0 Å². The Morgan fingerprint density at radius 3 is 2.24 bits per heavy atom. The predicted molar refractivity (Wildman–Crippen MR) is 60.0 cm³/mol. The molecule has 0 aromatic heterocycles. The Hall–Kier alpha value is -0.610. The van der Waals surface area contributed by atoms with Crippen LogP contribution in [0.3, 0.4) is 0 Å². The maximum atomic E-state index is 12.0. The molecular formula is C13H20O4. The van der Waals surface area contributed by atoms with Crippen molar-refractivity contribution in [2.45, 2.75) is 37.9 Å². The number of aliphatic hydroxyl groups is 1. The Labute approximate surface area is 101 Å². The molecule has 0 aromatic carbocycles. The van der Waals surface area contributed by atoms with Crippen LogP contribution in [0.4, 0.5) is 0 Å². The van der Waals surface area contributed by atoms with Crippen molar-refractivity contribution in [1.82, 2.24) is 0 Å². The zero-order valence-corrected chi connectivity index (χ0v) is 10.4. The van der Waals surface area contributed by atoms with Gasteiger partial charge < -0.3 is 14.6 Å². The van der Waals surface area contributed by atoms with Crippen LogP contribution in [0.15, 0.2) is 0 Å². The Balaban J connectivity index is 1.95. The van der Waals surface area contributed by atoms with E-state index in [0.29, 0.717) is 5.92 Å². The van der Waals surface area contributed by atoms with Crippen LogP contribution in [0.2, 0.25) is 0 Å². The van der Waals surface area contributed by atoms with Crippen LogP contribution < -0.4 is 0 Å². The monoisotopic (exact) mass is 240 g/mol. The molecule has 1 N–H and O–H groups in total. The minimum atomic E-state index is -1.01. The molecule has 4 fully saturated rings. The molecule has 4 aliphatic carbocycles. The van der Waals surface area contributed by atoms with E-state index in [-0.39, 0.29) is 23.2 Å². The molecule has 96 valence electrons. The summed E-state index contributed by atoms with van der Waals surface area (Å²) in [5, 5.41) is 10.6. The Bertz CT molecular complexity index is 335. The number of carbonyl (C=O) groups excluding carboxylic acids is 1. The predicted octanol–water partition coefficient (Wildman–Crippen LogP) is 1.32. The first-order chi connectivity index (χ1) is 8.04. The lowest BCUT2D eigenvalue weighted by molar-refractivity contribution is -0.317. The highest BCUT2D eigenvalue weighted by Gasteiger charge is 2.65. The summed E-state index contributed by atoms with van der Waals surface area (Å²) in [5.74, 6) is -0.346. The summed E-state index contributed by atoms with van der Waals surface area (Å²) in [4.78, 5) is 12.0. The maximum Gasteiger partial charge on any atom is 0.311 e. The third-order valence-electron chi connectivity index (χ3n) is 5.30. The average Bonchev–Trinajstić information content (AvgIpc) is 2.33. The van der Waals surface area contributed by atoms with Crippen molar-refractivity contribution < 1.29 is 19.4 Å². The summed E-state index contributed by atoms with van der Waals surface area (Å²) in [6.07, 6.45) is 4.35. The summed E-state index contributed by atoms with van der Waals surface area (Å²) in [6, 6.07) is 0. The van der Waals surface area contributed by atoms with Crippen LogP contribution in [0.25, 0.3) is 0 Å². The van der Waals surface area contributed by atoms with Gasteiger partial charge in [-0.15, -0.1) is 0 Å². The van der Waals surface area contributed by atoms with Crippen LogP contribution in [-0.2, 0) is 14.3 Å². The van der Waals surface area contributed by atoms with Crippen molar-refractivity contribution in [3.8, 4) is 0 Å². The molecule has 0 saturated heterocycles. The molecule has 0 amide bonds. The molecule has 0 heterocycles. The highest BCUT2D eigenvalue weighted by atomic mass is 16.6. The van der Waals surface area contributed by atoms with Crippen LogP contribution in [0.5, 0.6) is 0 Å². The second-order valence-corrected chi connectivity index (χ2v) is 6.07. The molecule has 5 atom stereocenters. The Morgan fingerprint density at radius 2 is 1.76 bits per heavy atom. The quantitative estimate of drug-likeness (QED) is 0.584. The van der Waals surface area contributed by atoms with Gasteiger partial charge in [0.25, 0.3) is 0 Å². The molecule has 4 nitrogen and oxygen atoms in total. The molecule has 4 bridgehead atoms. The van der Waals surface area contributed by atoms with Gasteiger partial charge in [0.1, 0.15) is 0 Å². The van der Waals surface area contributed by atoms with E-state index >= 15 is 0 Å². The van der Waals surface area contributed by atoms with E-state index in [2.05, 4.69) is 0 Å². The van der Waals surface area contributed by atoms with Crippen molar-refractivity contribution in [1.29, 1.82) is 0 Å². The van der Waals surface area contributed by atoms with E-state index in [9.17, 15) is 9.90 Å². The van der Waals surface area contributed by atoms with E-state index in [4.69, 9.17) is 9.47 Å². The van der Waals surface area contributed by atoms with Gasteiger partial charge in [0, 0.05) is 18.9 Å². The lowest BCUT2D eigenvalue weighted by atomic mass is 9.47. The molecule has 4 aliphatic rings. The van der Waals surface area contributed by atoms with Crippen molar-refractivity contribution in [2.24, 2.45) is 23.2 Å². The maximum absolute atomic E-state index is 12.0. The van der Waals surface area contributed by atoms with Gasteiger partial charge in [-0.2, -0.15) is 0 Å². The molecule has 0 spiro atoms. The van der Waals surface area contributed by atoms with Gasteiger partial charge in [-0.05, 0) is 38.0 Å². The summed E-state index contributed by atoms with van der Waals surface area (Å²) in [6.45, 7) is 0. The highest BCUT2D eigenvalue weighted by molar-refractivity contribution is 5.77. The van der Waals surface area contributed by atoms with Crippen molar-refractivity contribution >= 4 is 5.97 Å². The third-order valence-corrected chi connectivity index (χ3v) is 5.30. The Morgan fingerprint density at radius 1 is 1.18 bits per heavy atom. The first kappa shape index (κ1) is 11.5. The first-order valence-corrected chi connectivity index (χ1v) is 6.40. The lowest BCUT2D eigenvalue weighted by Crippen LogP contribution is -2.63. The molecule has 4 heteroatoms. The van der Waals surface area contributed by atoms with Crippen LogP contribution in [0.1, 0.15) is 32.1 Å². The number of rotatable bonds is 2. The topological polar surface area (TPSA) is 55.8 Å². The molecular weight excluding hydrogens is 220 g/mol. The summed E-state index contributed by atoms with van der Waals surface area (Å²) >= 11 is 0. The second-order valence-electron chi connectivity index (χ2n) is 6.07. The zero-order valence-electron chi connectivity index (χ0n) is 10.4. The molecule has 0 radical (unpaired) electrons. The summed E-state index contributed by atoms with van der Waals surface area (Å²) in [5.41, 5.74) is -0.337. The smallest absolute Gasteiger partial charge is 0.311 e. The SMILES string of the molecule is COC(=O)C12CC3C[C@H](C1)C(O)(OC)[C@@H](C3)C2. The fraction of sp³-hybridized carbons (Fsp3) is 0.923. The normalized spacial score (nSPS) is 51.6. The van der Waals surface area contributed by atoms with Gasteiger partial charge in [-0.3, -0.25) is 4.79 Å². The number of methoxy groups -OCH3 is 2. The zero-order chi connectivity index (χ0) is 12.3. The lowest BCUT2D eigenvalue weighted by Gasteiger charge is -2.61. The fourth-order valence-corrected chi connectivity index (χ4v) is 4.74. The largest absolute Gasteiger partial charge is 0.469 e. The standard InChI is InChI=1S/C13H20O4/c1-16-11(14)12-5-8-3-9(6-12)13(15,17-2)10(4-8)7-12/h8-10,15H,3-7H2,1-2H3/t8?,9-,10+,12?,13?. The highest BCUT2D eigenvalue weighted by Crippen LogP contribution is 2.63. The van der Waals surface area contributed by atoms with E-state index in [1.165, 1.54) is 7.11 Å². The molecule has 0 aliphatic heterocycles. The summed E-state index contributed by atoms with van der Waals surface area (Å²) < 4.78 is 10.4. The molecule has 4 rings (SSSR count). The second kappa shape index (κ2) is 3.45. The number of hydrogen-bond donors (Lipinski definition) is 1. The number of carbonyl (C=O) groups is 1. The molecule has 17 heavy (non-hydrogen) atoms. The van der Waals surface area contributed by atoms with Gasteiger partial charge in [0.15, 0.2) is 5.79 Å². The average molecular weight is 240 g/mol. The minimum Gasteiger partial charge on any atom is -0.469 e. The molecule has 0 aromatic rings. The van der Waals surface area contributed by atoms with Gasteiger partial charge in [-0.25, -0.2) is 0 Å². The Kier molecular flexibility index (Phi) is 2.33. The fourth-order valence-electron chi connectivity index (χ4n) is 4.74. The van der Waals surface area contributed by atoms with Crippen molar-refractivity contribution in [3.63, 3.8) is 0 Å². The van der Waals surface area contributed by atoms with Crippen molar-refractivity contribution in [3.05, 3.63) is 0 Å². The van der Waals surface area contributed by atoms with Crippen LogP contribution >= 0.6 is 0 Å². The van der Waals surface area contributed by atoms with Crippen LogP contribution in [-0.4, -0.2) is 31.1 Å².